The van der Waals surface area contributed by atoms with Crippen LogP contribution in [0, 0.1) is 0 Å². The second kappa shape index (κ2) is 9.83. The molecule has 0 spiro atoms. The highest BCUT2D eigenvalue weighted by Crippen LogP contribution is 2.42. The lowest BCUT2D eigenvalue weighted by molar-refractivity contribution is 0.668. The van der Waals surface area contributed by atoms with Gasteiger partial charge in [-0.25, -0.2) is 0 Å². The van der Waals surface area contributed by atoms with E-state index >= 15 is 0 Å². The number of thiophene rings is 1. The summed E-state index contributed by atoms with van der Waals surface area (Å²) in [5.74, 6) is 0. The maximum Gasteiger partial charge on any atom is 0.135 e. The van der Waals surface area contributed by atoms with E-state index < -0.39 is 0 Å². The molecule has 0 amide bonds. The number of hydrogen-bond acceptors (Lipinski definition) is 4. The first-order chi connectivity index (χ1) is 22.8. The standard InChI is InChI=1S/C42H25NO2S/c1-4-10-37-31(7-1)34-24-29(18-20-39(34)44-37)43(30-19-21-40-35(25-30)32-8-2-5-11-38(32)45-40)28-16-13-26(14-17-28)27-15-22-42-36(23-27)33-9-3-6-12-41(33)46-42/h1-25H. The fourth-order valence-electron chi connectivity index (χ4n) is 6.86. The molecular weight excluding hydrogens is 583 g/mol. The summed E-state index contributed by atoms with van der Waals surface area (Å²) in [6.07, 6.45) is 0. The number of fused-ring (bicyclic) bond motifs is 9. The monoisotopic (exact) mass is 607 g/mol. The number of furan rings is 2. The van der Waals surface area contributed by atoms with Gasteiger partial charge in [0, 0.05) is 58.8 Å². The first kappa shape index (κ1) is 25.5. The van der Waals surface area contributed by atoms with E-state index in [0.717, 1.165) is 60.9 Å². The lowest BCUT2D eigenvalue weighted by Crippen LogP contribution is -2.09. The maximum atomic E-state index is 6.18. The Labute approximate surface area is 268 Å². The van der Waals surface area contributed by atoms with Gasteiger partial charge in [0.1, 0.15) is 22.3 Å². The van der Waals surface area contributed by atoms with Crippen molar-refractivity contribution in [2.75, 3.05) is 4.90 Å². The summed E-state index contributed by atoms with van der Waals surface area (Å²) < 4.78 is 15.0. The van der Waals surface area contributed by atoms with E-state index in [0.29, 0.717) is 0 Å². The van der Waals surface area contributed by atoms with Crippen molar-refractivity contribution in [3.63, 3.8) is 0 Å². The Hall–Kier alpha value is -5.84. The Morgan fingerprint density at radius 3 is 1.50 bits per heavy atom. The van der Waals surface area contributed by atoms with Crippen LogP contribution in [0.4, 0.5) is 17.1 Å². The van der Waals surface area contributed by atoms with Gasteiger partial charge in [-0.15, -0.1) is 11.3 Å². The van der Waals surface area contributed by atoms with E-state index in [1.807, 2.05) is 35.6 Å². The highest BCUT2D eigenvalue weighted by atomic mass is 32.1. The lowest BCUT2D eigenvalue weighted by atomic mass is 10.0. The molecule has 216 valence electrons. The number of para-hydroxylation sites is 2. The summed E-state index contributed by atoms with van der Waals surface area (Å²) in [5, 5.41) is 7.05. The molecule has 3 nitrogen and oxygen atoms in total. The van der Waals surface area contributed by atoms with Gasteiger partial charge in [-0.3, -0.25) is 0 Å². The van der Waals surface area contributed by atoms with Crippen molar-refractivity contribution < 1.29 is 8.83 Å². The SMILES string of the molecule is c1ccc2c(c1)oc1ccc(N(c3ccc(-c4ccc5sc6ccccc6c5c4)cc3)c3ccc4oc5ccccc5c4c3)cc12. The summed E-state index contributed by atoms with van der Waals surface area (Å²) in [6.45, 7) is 0. The summed E-state index contributed by atoms with van der Waals surface area (Å²) in [4.78, 5) is 2.32. The van der Waals surface area contributed by atoms with Gasteiger partial charge >= 0.3 is 0 Å². The van der Waals surface area contributed by atoms with Crippen LogP contribution in [-0.4, -0.2) is 0 Å². The third-order valence-electron chi connectivity index (χ3n) is 9.07. The molecule has 0 aliphatic heterocycles. The van der Waals surface area contributed by atoms with Crippen LogP contribution in [0.5, 0.6) is 0 Å². The van der Waals surface area contributed by atoms with Crippen molar-refractivity contribution in [2.45, 2.75) is 0 Å². The van der Waals surface area contributed by atoms with Gasteiger partial charge in [-0.05, 0) is 90.0 Å². The van der Waals surface area contributed by atoms with Gasteiger partial charge in [-0.1, -0.05) is 72.8 Å². The Morgan fingerprint density at radius 1 is 0.348 bits per heavy atom. The molecule has 0 aliphatic rings. The molecule has 10 rings (SSSR count). The van der Waals surface area contributed by atoms with E-state index in [9.17, 15) is 0 Å². The lowest BCUT2D eigenvalue weighted by Gasteiger charge is -2.26. The number of benzene rings is 7. The van der Waals surface area contributed by atoms with Crippen molar-refractivity contribution in [2.24, 2.45) is 0 Å². The molecule has 0 N–H and O–H groups in total. The minimum Gasteiger partial charge on any atom is -0.456 e. The molecule has 0 saturated heterocycles. The van der Waals surface area contributed by atoms with Crippen molar-refractivity contribution in [1.82, 2.24) is 0 Å². The maximum absolute atomic E-state index is 6.18. The molecule has 7 aromatic carbocycles. The summed E-state index contributed by atoms with van der Waals surface area (Å²) in [5.41, 5.74) is 9.15. The predicted octanol–water partition coefficient (Wildman–Crippen LogP) is 13.0. The Morgan fingerprint density at radius 2 is 0.848 bits per heavy atom. The second-order valence-electron chi connectivity index (χ2n) is 11.7. The fraction of sp³-hybridized carbons (Fsp3) is 0. The zero-order chi connectivity index (χ0) is 30.2. The van der Waals surface area contributed by atoms with Gasteiger partial charge in [0.15, 0.2) is 0 Å². The molecule has 0 fully saturated rings. The minimum absolute atomic E-state index is 0.882. The van der Waals surface area contributed by atoms with Crippen LogP contribution < -0.4 is 4.90 Å². The fourth-order valence-corrected chi connectivity index (χ4v) is 7.95. The molecule has 0 saturated carbocycles. The third kappa shape index (κ3) is 3.91. The van der Waals surface area contributed by atoms with Crippen LogP contribution in [0.15, 0.2) is 160 Å². The molecule has 10 aromatic rings. The van der Waals surface area contributed by atoms with Crippen LogP contribution in [-0.2, 0) is 0 Å². The van der Waals surface area contributed by atoms with Crippen LogP contribution in [0.1, 0.15) is 0 Å². The van der Waals surface area contributed by atoms with Gasteiger partial charge in [0.05, 0.1) is 0 Å². The molecule has 3 aromatic heterocycles. The zero-order valence-corrected chi connectivity index (χ0v) is 25.4. The summed E-state index contributed by atoms with van der Waals surface area (Å²) >= 11 is 1.85. The van der Waals surface area contributed by atoms with Crippen molar-refractivity contribution in [3.05, 3.63) is 152 Å². The average Bonchev–Trinajstić information content (AvgIpc) is 3.79. The van der Waals surface area contributed by atoms with Crippen LogP contribution in [0.25, 0.3) is 75.2 Å². The zero-order valence-electron chi connectivity index (χ0n) is 24.6. The quantitative estimate of drug-likeness (QED) is 0.199. The first-order valence-corrected chi connectivity index (χ1v) is 16.2. The summed E-state index contributed by atoms with van der Waals surface area (Å²) in [7, 11) is 0. The molecule has 4 heteroatoms. The number of anilines is 3. The molecular formula is C42H25NO2S. The Kier molecular flexibility index (Phi) is 5.45. The van der Waals surface area contributed by atoms with E-state index in [4.69, 9.17) is 8.83 Å². The number of rotatable bonds is 4. The second-order valence-corrected chi connectivity index (χ2v) is 12.8. The van der Waals surface area contributed by atoms with Gasteiger partial charge < -0.3 is 13.7 Å². The Balaban J connectivity index is 1.13. The minimum atomic E-state index is 0.882. The molecule has 0 bridgehead atoms. The average molecular weight is 608 g/mol. The van der Waals surface area contributed by atoms with Gasteiger partial charge in [0.2, 0.25) is 0 Å². The van der Waals surface area contributed by atoms with Crippen molar-refractivity contribution >= 4 is 92.4 Å². The van der Waals surface area contributed by atoms with E-state index in [2.05, 4.69) is 132 Å². The van der Waals surface area contributed by atoms with Crippen LogP contribution >= 0.6 is 11.3 Å². The molecule has 0 radical (unpaired) electrons. The van der Waals surface area contributed by atoms with Crippen LogP contribution in [0.2, 0.25) is 0 Å². The number of nitrogens with zero attached hydrogens (tertiary/aromatic N) is 1. The third-order valence-corrected chi connectivity index (χ3v) is 10.2. The highest BCUT2D eigenvalue weighted by molar-refractivity contribution is 7.25. The normalized spacial score (nSPS) is 11.9. The van der Waals surface area contributed by atoms with E-state index in [-0.39, 0.29) is 0 Å². The van der Waals surface area contributed by atoms with Crippen molar-refractivity contribution in [1.29, 1.82) is 0 Å². The van der Waals surface area contributed by atoms with E-state index in [1.165, 1.54) is 31.3 Å². The molecule has 46 heavy (non-hydrogen) atoms. The van der Waals surface area contributed by atoms with Crippen molar-refractivity contribution in [3.8, 4) is 11.1 Å². The highest BCUT2D eigenvalue weighted by Gasteiger charge is 2.18. The van der Waals surface area contributed by atoms with Crippen LogP contribution in [0.3, 0.4) is 0 Å². The largest absolute Gasteiger partial charge is 0.456 e. The van der Waals surface area contributed by atoms with E-state index in [1.54, 1.807) is 0 Å². The first-order valence-electron chi connectivity index (χ1n) is 15.4. The smallest absolute Gasteiger partial charge is 0.135 e. The number of hydrogen-bond donors (Lipinski definition) is 0. The molecule has 0 aliphatic carbocycles. The predicted molar refractivity (Wildman–Crippen MR) is 194 cm³/mol. The molecule has 3 heterocycles. The Bertz CT molecular complexity index is 2650. The van der Waals surface area contributed by atoms with Gasteiger partial charge in [0.25, 0.3) is 0 Å². The molecule has 0 atom stereocenters. The molecule has 0 unspecified atom stereocenters. The van der Waals surface area contributed by atoms with Gasteiger partial charge in [-0.2, -0.15) is 0 Å². The topological polar surface area (TPSA) is 29.5 Å². The summed E-state index contributed by atoms with van der Waals surface area (Å²) in [6, 6.07) is 53.8.